The van der Waals surface area contributed by atoms with E-state index in [1.807, 2.05) is 13.8 Å². The van der Waals surface area contributed by atoms with Crippen molar-refractivity contribution in [2.45, 2.75) is 31.7 Å². The summed E-state index contributed by atoms with van der Waals surface area (Å²) in [5, 5.41) is 3.19. The summed E-state index contributed by atoms with van der Waals surface area (Å²) in [5.41, 5.74) is 0. The summed E-state index contributed by atoms with van der Waals surface area (Å²) in [4.78, 5) is 11.8. The number of rotatable bonds is 9. The number of nitrogens with one attached hydrogen (secondary N) is 1. The number of benzene rings is 1. The quantitative estimate of drug-likeness (QED) is 0.542. The van der Waals surface area contributed by atoms with Crippen LogP contribution in [0.2, 0.25) is 0 Å². The van der Waals surface area contributed by atoms with E-state index in [0.717, 1.165) is 6.26 Å². The summed E-state index contributed by atoms with van der Waals surface area (Å²) < 4.78 is 33.5. The van der Waals surface area contributed by atoms with Crippen molar-refractivity contribution in [3.8, 4) is 5.75 Å². The van der Waals surface area contributed by atoms with Gasteiger partial charge in [-0.25, -0.2) is 8.42 Å². The van der Waals surface area contributed by atoms with Crippen molar-refractivity contribution in [1.82, 2.24) is 5.32 Å². The maximum absolute atomic E-state index is 11.6. The molecule has 6 nitrogen and oxygen atoms in total. The molecule has 7 heteroatoms. The van der Waals surface area contributed by atoms with E-state index in [0.29, 0.717) is 25.5 Å². The highest BCUT2D eigenvalue weighted by Gasteiger charge is 2.20. The number of sulfone groups is 1. The molecule has 130 valence electrons. The van der Waals surface area contributed by atoms with Gasteiger partial charge in [0.15, 0.2) is 9.84 Å². The average molecular weight is 343 g/mol. The first kappa shape index (κ1) is 19.4. The smallest absolute Gasteiger partial charge is 0.310 e. The fraction of sp³-hybridized carbons (Fsp3) is 0.562. The third kappa shape index (κ3) is 6.58. The van der Waals surface area contributed by atoms with Crippen molar-refractivity contribution in [3.63, 3.8) is 0 Å². The molecule has 0 aliphatic rings. The Morgan fingerprint density at radius 1 is 1.30 bits per heavy atom. The minimum absolute atomic E-state index is 0.0417. The minimum Gasteiger partial charge on any atom is -0.492 e. The lowest BCUT2D eigenvalue weighted by Gasteiger charge is -2.20. The van der Waals surface area contributed by atoms with Gasteiger partial charge in [0, 0.05) is 18.8 Å². The zero-order chi connectivity index (χ0) is 17.5. The topological polar surface area (TPSA) is 81.7 Å². The maximum atomic E-state index is 11.6. The molecule has 23 heavy (non-hydrogen) atoms. The highest BCUT2D eigenvalue weighted by atomic mass is 32.2. The van der Waals surface area contributed by atoms with Crippen molar-refractivity contribution < 1.29 is 22.7 Å². The number of esters is 1. The largest absolute Gasteiger partial charge is 0.492 e. The van der Waals surface area contributed by atoms with Crippen LogP contribution in [0.25, 0.3) is 0 Å². The van der Waals surface area contributed by atoms with Crippen LogP contribution in [0.3, 0.4) is 0 Å². The molecule has 0 aliphatic heterocycles. The minimum atomic E-state index is -3.24. The van der Waals surface area contributed by atoms with Crippen LogP contribution in [0.15, 0.2) is 29.2 Å². The SMILES string of the molecule is CCOC(=O)[C@@H](C)[C@H](C)NCCOc1cccc(S(C)(=O)=O)c1. The van der Waals surface area contributed by atoms with E-state index in [9.17, 15) is 13.2 Å². The van der Waals surface area contributed by atoms with Crippen LogP contribution in [0.4, 0.5) is 0 Å². The van der Waals surface area contributed by atoms with Crippen molar-refractivity contribution in [2.24, 2.45) is 5.92 Å². The molecule has 0 radical (unpaired) electrons. The van der Waals surface area contributed by atoms with E-state index >= 15 is 0 Å². The molecule has 0 unspecified atom stereocenters. The summed E-state index contributed by atoms with van der Waals surface area (Å²) in [5.74, 6) is 0.0265. The number of hydrogen-bond acceptors (Lipinski definition) is 6. The first-order chi connectivity index (χ1) is 10.8. The van der Waals surface area contributed by atoms with Gasteiger partial charge >= 0.3 is 5.97 Å². The Morgan fingerprint density at radius 2 is 2.00 bits per heavy atom. The van der Waals surface area contributed by atoms with Crippen molar-refractivity contribution in [3.05, 3.63) is 24.3 Å². The monoisotopic (exact) mass is 343 g/mol. The lowest BCUT2D eigenvalue weighted by atomic mass is 10.0. The van der Waals surface area contributed by atoms with Crippen molar-refractivity contribution >= 4 is 15.8 Å². The molecule has 0 saturated heterocycles. The third-order valence-corrected chi connectivity index (χ3v) is 4.59. The predicted octanol–water partition coefficient (Wildman–Crippen LogP) is 1.65. The van der Waals surface area contributed by atoms with Gasteiger partial charge in [-0.2, -0.15) is 0 Å². The zero-order valence-corrected chi connectivity index (χ0v) is 14.9. The Kier molecular flexibility index (Phi) is 7.51. The van der Waals surface area contributed by atoms with Gasteiger partial charge in [-0.05, 0) is 32.0 Å². The third-order valence-electron chi connectivity index (χ3n) is 3.48. The van der Waals surface area contributed by atoms with Crippen LogP contribution in [0.1, 0.15) is 20.8 Å². The van der Waals surface area contributed by atoms with Gasteiger partial charge in [0.05, 0.1) is 17.4 Å². The number of ether oxygens (including phenoxy) is 2. The van der Waals surface area contributed by atoms with Gasteiger partial charge in [0.25, 0.3) is 0 Å². The first-order valence-electron chi connectivity index (χ1n) is 7.58. The molecule has 0 bridgehead atoms. The first-order valence-corrected chi connectivity index (χ1v) is 9.47. The van der Waals surface area contributed by atoms with E-state index in [1.165, 1.54) is 12.1 Å². The molecule has 0 spiro atoms. The fourth-order valence-corrected chi connectivity index (χ4v) is 2.56. The summed E-state index contributed by atoms with van der Waals surface area (Å²) in [6, 6.07) is 6.34. The summed E-state index contributed by atoms with van der Waals surface area (Å²) in [6.45, 7) is 6.77. The highest BCUT2D eigenvalue weighted by molar-refractivity contribution is 7.90. The molecule has 0 saturated carbocycles. The standard InChI is InChI=1S/C16H25NO5S/c1-5-21-16(18)12(2)13(3)17-9-10-22-14-7-6-8-15(11-14)23(4,19)20/h6-8,11-13,17H,5,9-10H2,1-4H3/t12-,13-/m0/s1. The summed E-state index contributed by atoms with van der Waals surface area (Å²) >= 11 is 0. The van der Waals surface area contributed by atoms with Crippen LogP contribution in [-0.4, -0.2) is 46.4 Å². The lowest BCUT2D eigenvalue weighted by Crippen LogP contribution is -2.39. The average Bonchev–Trinajstić information content (AvgIpc) is 2.50. The molecule has 1 N–H and O–H groups in total. The van der Waals surface area contributed by atoms with Crippen molar-refractivity contribution in [2.75, 3.05) is 26.0 Å². The molecule has 0 aromatic heterocycles. The number of carbonyl (C=O) groups excluding carboxylic acids is 1. The highest BCUT2D eigenvalue weighted by Crippen LogP contribution is 2.17. The molecule has 1 rings (SSSR count). The Balaban J connectivity index is 2.42. The van der Waals surface area contributed by atoms with E-state index in [4.69, 9.17) is 9.47 Å². The second kappa shape index (κ2) is 8.88. The molecule has 1 aromatic carbocycles. The Hall–Kier alpha value is -1.60. The Morgan fingerprint density at radius 3 is 2.61 bits per heavy atom. The lowest BCUT2D eigenvalue weighted by molar-refractivity contribution is -0.148. The van der Waals surface area contributed by atoms with Gasteiger partial charge in [0.2, 0.25) is 0 Å². The normalized spacial score (nSPS) is 14.1. The van der Waals surface area contributed by atoms with Gasteiger partial charge in [-0.3, -0.25) is 4.79 Å². The van der Waals surface area contributed by atoms with Crippen molar-refractivity contribution in [1.29, 1.82) is 0 Å². The second-order valence-corrected chi connectivity index (χ2v) is 7.39. The molecule has 0 aliphatic carbocycles. The molecule has 2 atom stereocenters. The maximum Gasteiger partial charge on any atom is 0.310 e. The Bertz CT molecular complexity index is 615. The van der Waals surface area contributed by atoms with E-state index in [1.54, 1.807) is 19.1 Å². The molecule has 1 aromatic rings. The predicted molar refractivity (Wildman–Crippen MR) is 88.3 cm³/mol. The van der Waals surface area contributed by atoms with Crippen LogP contribution < -0.4 is 10.1 Å². The number of hydrogen-bond donors (Lipinski definition) is 1. The van der Waals surface area contributed by atoms with Gasteiger partial charge in [-0.1, -0.05) is 13.0 Å². The zero-order valence-electron chi connectivity index (χ0n) is 14.0. The van der Waals surface area contributed by atoms with Gasteiger partial charge in [-0.15, -0.1) is 0 Å². The Labute approximate surface area is 138 Å². The molecule has 0 heterocycles. The second-order valence-electron chi connectivity index (χ2n) is 5.38. The van der Waals surface area contributed by atoms with Gasteiger partial charge < -0.3 is 14.8 Å². The molecule has 0 fully saturated rings. The summed E-state index contributed by atoms with van der Waals surface area (Å²) in [6.07, 6.45) is 1.16. The van der Waals surface area contributed by atoms with Gasteiger partial charge in [0.1, 0.15) is 12.4 Å². The van der Waals surface area contributed by atoms with Crippen LogP contribution in [-0.2, 0) is 19.4 Å². The van der Waals surface area contributed by atoms with Crippen LogP contribution >= 0.6 is 0 Å². The van der Waals surface area contributed by atoms with Crippen LogP contribution in [0.5, 0.6) is 5.75 Å². The summed E-state index contributed by atoms with van der Waals surface area (Å²) in [7, 11) is -3.24. The van der Waals surface area contributed by atoms with E-state index in [-0.39, 0.29) is 22.8 Å². The molecular weight excluding hydrogens is 318 g/mol. The molecular formula is C16H25NO5S. The van der Waals surface area contributed by atoms with Crippen LogP contribution in [0, 0.1) is 5.92 Å². The fourth-order valence-electron chi connectivity index (χ4n) is 1.90. The van der Waals surface area contributed by atoms with E-state index in [2.05, 4.69) is 5.32 Å². The van der Waals surface area contributed by atoms with E-state index < -0.39 is 9.84 Å². The number of carbonyl (C=O) groups is 1. The molecule has 0 amide bonds.